The highest BCUT2D eigenvalue weighted by molar-refractivity contribution is 7.89. The number of piperazine rings is 1. The first-order chi connectivity index (χ1) is 13.3. The van der Waals surface area contributed by atoms with Gasteiger partial charge < -0.3 is 14.0 Å². The lowest BCUT2D eigenvalue weighted by Crippen LogP contribution is -2.48. The summed E-state index contributed by atoms with van der Waals surface area (Å²) in [5.41, 5.74) is 1.48. The van der Waals surface area contributed by atoms with E-state index < -0.39 is 10.0 Å². The molecule has 0 saturated carbocycles. The Labute approximate surface area is 162 Å². The maximum atomic E-state index is 12.8. The molecule has 1 aliphatic heterocycles. The van der Waals surface area contributed by atoms with Gasteiger partial charge in [0, 0.05) is 52.2 Å². The lowest BCUT2D eigenvalue weighted by molar-refractivity contribution is 0.383. The fourth-order valence-corrected chi connectivity index (χ4v) is 4.81. The van der Waals surface area contributed by atoms with Crippen LogP contribution in [0.3, 0.4) is 0 Å². The molecular formula is C18H22N6O3S. The molecule has 3 aromatic rings. The molecule has 148 valence electrons. The van der Waals surface area contributed by atoms with E-state index in [1.807, 2.05) is 12.1 Å². The number of benzene rings is 1. The number of hydrogen-bond acceptors (Lipinski definition) is 6. The van der Waals surface area contributed by atoms with Crippen LogP contribution >= 0.6 is 0 Å². The molecule has 4 rings (SSSR count). The number of fused-ring (bicyclic) bond motifs is 1. The first-order valence-electron chi connectivity index (χ1n) is 8.98. The molecule has 1 aromatic carbocycles. The van der Waals surface area contributed by atoms with Crippen molar-refractivity contribution in [2.45, 2.75) is 11.9 Å². The van der Waals surface area contributed by atoms with E-state index in [0.717, 1.165) is 5.69 Å². The molecule has 2 aromatic heterocycles. The molecule has 0 N–H and O–H groups in total. The molecule has 28 heavy (non-hydrogen) atoms. The zero-order valence-corrected chi connectivity index (χ0v) is 16.8. The standard InChI is InChI=1S/C18H22N6O3S/c1-13-20-17(11-21(13)2)28(26,27)24-8-6-23(7-9-24)14-4-5-15-16(10-14)19-12-22(3)18(15)25/h4-5,10-12H,6-9H2,1-3H3. The molecule has 9 nitrogen and oxygen atoms in total. The number of aromatic nitrogens is 4. The highest BCUT2D eigenvalue weighted by Gasteiger charge is 2.30. The minimum atomic E-state index is -3.60. The predicted molar refractivity (Wildman–Crippen MR) is 106 cm³/mol. The second-order valence-electron chi connectivity index (χ2n) is 6.99. The summed E-state index contributed by atoms with van der Waals surface area (Å²) in [6, 6.07) is 5.54. The number of anilines is 1. The highest BCUT2D eigenvalue weighted by atomic mass is 32.2. The molecule has 1 aliphatic rings. The zero-order chi connectivity index (χ0) is 20.1. The van der Waals surface area contributed by atoms with Crippen molar-refractivity contribution >= 4 is 26.6 Å². The van der Waals surface area contributed by atoms with Gasteiger partial charge in [-0.15, -0.1) is 0 Å². The monoisotopic (exact) mass is 402 g/mol. The second kappa shape index (κ2) is 6.71. The summed E-state index contributed by atoms with van der Waals surface area (Å²) in [5.74, 6) is 0.659. The van der Waals surface area contributed by atoms with E-state index in [2.05, 4.69) is 14.9 Å². The van der Waals surface area contributed by atoms with Crippen LogP contribution in [-0.2, 0) is 24.1 Å². The minimum absolute atomic E-state index is 0.0851. The lowest BCUT2D eigenvalue weighted by Gasteiger charge is -2.35. The fourth-order valence-electron chi connectivity index (χ4n) is 3.37. The van der Waals surface area contributed by atoms with Crippen molar-refractivity contribution in [1.29, 1.82) is 0 Å². The summed E-state index contributed by atoms with van der Waals surface area (Å²) < 4.78 is 30.3. The number of rotatable bonds is 3. The van der Waals surface area contributed by atoms with Crippen molar-refractivity contribution in [3.05, 3.63) is 46.9 Å². The molecule has 0 spiro atoms. The van der Waals surface area contributed by atoms with Gasteiger partial charge >= 0.3 is 0 Å². The third-order valence-electron chi connectivity index (χ3n) is 5.20. The van der Waals surface area contributed by atoms with Gasteiger partial charge in [0.2, 0.25) is 0 Å². The largest absolute Gasteiger partial charge is 0.369 e. The van der Waals surface area contributed by atoms with Gasteiger partial charge in [-0.3, -0.25) is 4.79 Å². The second-order valence-corrected chi connectivity index (χ2v) is 8.88. The van der Waals surface area contributed by atoms with Gasteiger partial charge in [-0.25, -0.2) is 18.4 Å². The molecular weight excluding hydrogens is 380 g/mol. The van der Waals surface area contributed by atoms with Crippen LogP contribution in [0.15, 0.2) is 40.5 Å². The Kier molecular flexibility index (Phi) is 4.47. The minimum Gasteiger partial charge on any atom is -0.369 e. The summed E-state index contributed by atoms with van der Waals surface area (Å²) in [5, 5.41) is 0.659. The molecule has 0 aliphatic carbocycles. The molecule has 1 saturated heterocycles. The van der Waals surface area contributed by atoms with E-state index in [1.54, 1.807) is 37.8 Å². The van der Waals surface area contributed by atoms with Crippen LogP contribution < -0.4 is 10.5 Å². The molecule has 0 bridgehead atoms. The van der Waals surface area contributed by atoms with E-state index in [0.29, 0.717) is 42.9 Å². The number of hydrogen-bond donors (Lipinski definition) is 0. The average Bonchev–Trinajstić information content (AvgIpc) is 3.04. The highest BCUT2D eigenvalue weighted by Crippen LogP contribution is 2.23. The smallest absolute Gasteiger partial charge is 0.262 e. The van der Waals surface area contributed by atoms with Crippen molar-refractivity contribution in [3.63, 3.8) is 0 Å². The summed E-state index contributed by atoms with van der Waals surface area (Å²) in [6.07, 6.45) is 3.06. The van der Waals surface area contributed by atoms with E-state index in [1.165, 1.54) is 15.2 Å². The van der Waals surface area contributed by atoms with E-state index in [-0.39, 0.29) is 10.6 Å². The Balaban J connectivity index is 1.53. The third-order valence-corrected chi connectivity index (χ3v) is 6.97. The Bertz CT molecular complexity index is 1190. The van der Waals surface area contributed by atoms with Gasteiger partial charge in [0.25, 0.3) is 15.6 Å². The summed E-state index contributed by atoms with van der Waals surface area (Å²) in [7, 11) is -0.146. The molecule has 1 fully saturated rings. The SMILES string of the molecule is Cc1nc(S(=O)(=O)N2CCN(c3ccc4c(=O)n(C)cnc4c3)CC2)cn1C. The van der Waals surface area contributed by atoms with Gasteiger partial charge in [0.15, 0.2) is 5.03 Å². The van der Waals surface area contributed by atoms with Gasteiger partial charge in [0.05, 0.1) is 17.2 Å². The molecule has 0 radical (unpaired) electrons. The Morgan fingerprint density at radius 2 is 1.75 bits per heavy atom. The first kappa shape index (κ1) is 18.6. The molecule has 3 heterocycles. The number of imidazole rings is 1. The van der Waals surface area contributed by atoms with Crippen LogP contribution in [0.4, 0.5) is 5.69 Å². The van der Waals surface area contributed by atoms with Crippen molar-refractivity contribution in [2.24, 2.45) is 14.1 Å². The van der Waals surface area contributed by atoms with E-state index in [4.69, 9.17) is 0 Å². The van der Waals surface area contributed by atoms with Crippen LogP contribution in [0, 0.1) is 6.92 Å². The van der Waals surface area contributed by atoms with Gasteiger partial charge in [-0.2, -0.15) is 4.31 Å². The van der Waals surface area contributed by atoms with Crippen molar-refractivity contribution in [1.82, 2.24) is 23.4 Å². The van der Waals surface area contributed by atoms with Crippen molar-refractivity contribution < 1.29 is 8.42 Å². The quantitative estimate of drug-likeness (QED) is 0.633. The van der Waals surface area contributed by atoms with Gasteiger partial charge in [-0.1, -0.05) is 0 Å². The molecule has 0 unspecified atom stereocenters. The summed E-state index contributed by atoms with van der Waals surface area (Å²) in [6.45, 7) is 3.64. The maximum Gasteiger partial charge on any atom is 0.262 e. The van der Waals surface area contributed by atoms with Crippen LogP contribution in [0.1, 0.15) is 5.82 Å². The fraction of sp³-hybridized carbons (Fsp3) is 0.389. The summed E-state index contributed by atoms with van der Waals surface area (Å²) >= 11 is 0. The number of nitrogens with zero attached hydrogens (tertiary/aromatic N) is 6. The lowest BCUT2D eigenvalue weighted by atomic mass is 10.2. The van der Waals surface area contributed by atoms with Gasteiger partial charge in [-0.05, 0) is 25.1 Å². The molecule has 0 amide bonds. The maximum absolute atomic E-state index is 12.8. The Hall–Kier alpha value is -2.72. The zero-order valence-electron chi connectivity index (χ0n) is 16.0. The Morgan fingerprint density at radius 1 is 1.04 bits per heavy atom. The van der Waals surface area contributed by atoms with Crippen LogP contribution in [-0.4, -0.2) is 58.0 Å². The molecule has 0 atom stereocenters. The average molecular weight is 402 g/mol. The third kappa shape index (κ3) is 3.08. The van der Waals surface area contributed by atoms with E-state index in [9.17, 15) is 13.2 Å². The molecule has 10 heteroatoms. The predicted octanol–water partition coefficient (Wildman–Crippen LogP) is 0.486. The van der Waals surface area contributed by atoms with Crippen molar-refractivity contribution in [2.75, 3.05) is 31.1 Å². The number of sulfonamides is 1. The number of aryl methyl sites for hydroxylation is 3. The van der Waals surface area contributed by atoms with E-state index >= 15 is 0 Å². The van der Waals surface area contributed by atoms with Crippen molar-refractivity contribution in [3.8, 4) is 0 Å². The van der Waals surface area contributed by atoms with Crippen LogP contribution in [0.2, 0.25) is 0 Å². The van der Waals surface area contributed by atoms with Gasteiger partial charge in [0.1, 0.15) is 5.82 Å². The summed E-state index contributed by atoms with van der Waals surface area (Å²) in [4.78, 5) is 22.7. The topological polar surface area (TPSA) is 93.3 Å². The normalized spacial score (nSPS) is 16.0. The first-order valence-corrected chi connectivity index (χ1v) is 10.4. The van der Waals surface area contributed by atoms with Crippen LogP contribution in [0.5, 0.6) is 0 Å². The Morgan fingerprint density at radius 3 is 2.39 bits per heavy atom. The van der Waals surface area contributed by atoms with Crippen LogP contribution in [0.25, 0.3) is 10.9 Å².